The quantitative estimate of drug-likeness (QED) is 0.799. The molecule has 1 N–H and O–H groups in total. The smallest absolute Gasteiger partial charge is 0.254 e. The van der Waals surface area contributed by atoms with Crippen molar-refractivity contribution in [1.29, 1.82) is 0 Å². The molecule has 124 valence electrons. The summed E-state index contributed by atoms with van der Waals surface area (Å²) < 4.78 is 5.63. The Hall–Kier alpha value is -3.21. The number of benzene rings is 2. The standard InChI is InChI=1S/C20H17N3O2/c24-20(23-17-10-11-25-18-9-5-4-8-16(17)18)15-12-21-19(22-13-15)14-6-2-1-3-7-14/h1-9,12-13,17H,10-11H2,(H,23,24)/t17-/m0/s1. The summed E-state index contributed by atoms with van der Waals surface area (Å²) in [5.41, 5.74) is 2.38. The number of carbonyl (C=O) groups excluding carboxylic acids is 1. The summed E-state index contributed by atoms with van der Waals surface area (Å²) in [6.07, 6.45) is 3.87. The van der Waals surface area contributed by atoms with E-state index in [0.717, 1.165) is 23.3 Å². The van der Waals surface area contributed by atoms with Crippen LogP contribution in [0.5, 0.6) is 5.75 Å². The van der Waals surface area contributed by atoms with E-state index in [-0.39, 0.29) is 11.9 Å². The number of hydrogen-bond donors (Lipinski definition) is 1. The van der Waals surface area contributed by atoms with Crippen molar-refractivity contribution in [1.82, 2.24) is 15.3 Å². The van der Waals surface area contributed by atoms with Crippen LogP contribution in [0.2, 0.25) is 0 Å². The van der Waals surface area contributed by atoms with Crippen molar-refractivity contribution in [2.24, 2.45) is 0 Å². The van der Waals surface area contributed by atoms with Gasteiger partial charge in [0.1, 0.15) is 5.75 Å². The molecule has 1 atom stereocenters. The van der Waals surface area contributed by atoms with Crippen molar-refractivity contribution in [3.05, 3.63) is 78.1 Å². The van der Waals surface area contributed by atoms with Gasteiger partial charge in [-0.25, -0.2) is 9.97 Å². The molecule has 0 radical (unpaired) electrons. The molecule has 4 rings (SSSR count). The number of amides is 1. The van der Waals surface area contributed by atoms with E-state index in [2.05, 4.69) is 15.3 Å². The Morgan fingerprint density at radius 3 is 2.52 bits per heavy atom. The van der Waals surface area contributed by atoms with Gasteiger partial charge in [0.2, 0.25) is 0 Å². The number of hydrogen-bond acceptors (Lipinski definition) is 4. The normalized spacial score (nSPS) is 15.8. The zero-order valence-corrected chi connectivity index (χ0v) is 13.6. The molecule has 0 fully saturated rings. The second-order valence-electron chi connectivity index (χ2n) is 5.86. The molecule has 1 aromatic heterocycles. The molecule has 1 aliphatic rings. The van der Waals surface area contributed by atoms with Crippen molar-refractivity contribution in [3.8, 4) is 17.1 Å². The first kappa shape index (κ1) is 15.3. The second kappa shape index (κ2) is 6.73. The first-order valence-electron chi connectivity index (χ1n) is 8.21. The fraction of sp³-hybridized carbons (Fsp3) is 0.150. The lowest BCUT2D eigenvalue weighted by Crippen LogP contribution is -2.32. The molecule has 25 heavy (non-hydrogen) atoms. The number of para-hydroxylation sites is 1. The second-order valence-corrected chi connectivity index (χ2v) is 5.86. The van der Waals surface area contributed by atoms with Gasteiger partial charge in [-0.2, -0.15) is 0 Å². The van der Waals surface area contributed by atoms with Crippen LogP contribution >= 0.6 is 0 Å². The average Bonchev–Trinajstić information content (AvgIpc) is 2.69. The topological polar surface area (TPSA) is 64.1 Å². The van der Waals surface area contributed by atoms with Crippen LogP contribution in [0.4, 0.5) is 0 Å². The summed E-state index contributed by atoms with van der Waals surface area (Å²) in [5, 5.41) is 3.05. The maximum absolute atomic E-state index is 12.5. The highest BCUT2D eigenvalue weighted by Gasteiger charge is 2.23. The van der Waals surface area contributed by atoms with Gasteiger partial charge in [-0.1, -0.05) is 48.5 Å². The molecule has 0 unspecified atom stereocenters. The molecule has 0 saturated carbocycles. The molecule has 2 aromatic carbocycles. The minimum Gasteiger partial charge on any atom is -0.493 e. The first-order valence-corrected chi connectivity index (χ1v) is 8.21. The number of nitrogens with zero attached hydrogens (tertiary/aromatic N) is 2. The van der Waals surface area contributed by atoms with E-state index >= 15 is 0 Å². The molecule has 5 nitrogen and oxygen atoms in total. The van der Waals surface area contributed by atoms with Crippen molar-refractivity contribution in [3.63, 3.8) is 0 Å². The zero-order chi connectivity index (χ0) is 17.1. The molecule has 1 amide bonds. The van der Waals surface area contributed by atoms with Crippen LogP contribution in [0, 0.1) is 0 Å². The number of carbonyl (C=O) groups is 1. The van der Waals surface area contributed by atoms with E-state index < -0.39 is 0 Å². The van der Waals surface area contributed by atoms with Gasteiger partial charge in [0.25, 0.3) is 5.91 Å². The van der Waals surface area contributed by atoms with Crippen LogP contribution in [-0.4, -0.2) is 22.5 Å². The Balaban J connectivity index is 1.51. The molecule has 1 aliphatic heterocycles. The molecular weight excluding hydrogens is 314 g/mol. The number of ether oxygens (including phenoxy) is 1. The van der Waals surface area contributed by atoms with Crippen molar-refractivity contribution < 1.29 is 9.53 Å². The lowest BCUT2D eigenvalue weighted by Gasteiger charge is -2.26. The summed E-state index contributed by atoms with van der Waals surface area (Å²) in [6.45, 7) is 0.589. The van der Waals surface area contributed by atoms with Crippen molar-refractivity contribution in [2.75, 3.05) is 6.61 Å². The minimum absolute atomic E-state index is 0.0637. The van der Waals surface area contributed by atoms with Crippen LogP contribution < -0.4 is 10.1 Å². The van der Waals surface area contributed by atoms with E-state index in [9.17, 15) is 4.79 Å². The summed E-state index contributed by atoms with van der Waals surface area (Å²) in [5.74, 6) is 1.25. The highest BCUT2D eigenvalue weighted by atomic mass is 16.5. The highest BCUT2D eigenvalue weighted by Crippen LogP contribution is 2.31. The molecule has 5 heteroatoms. The molecule has 3 aromatic rings. The predicted molar refractivity (Wildman–Crippen MR) is 94.2 cm³/mol. The predicted octanol–water partition coefficient (Wildman–Crippen LogP) is 3.40. The fourth-order valence-corrected chi connectivity index (χ4v) is 2.92. The molecular formula is C20H17N3O2. The Morgan fingerprint density at radius 1 is 1.00 bits per heavy atom. The number of aromatic nitrogens is 2. The SMILES string of the molecule is O=C(N[C@H]1CCOc2ccccc21)c1cnc(-c2ccccc2)nc1. The number of nitrogens with one attached hydrogen (secondary N) is 1. The van der Waals surface area contributed by atoms with E-state index in [1.54, 1.807) is 12.4 Å². The Labute approximate surface area is 145 Å². The van der Waals surface area contributed by atoms with E-state index in [0.29, 0.717) is 18.0 Å². The lowest BCUT2D eigenvalue weighted by molar-refractivity contribution is 0.0924. The van der Waals surface area contributed by atoms with Gasteiger partial charge in [-0.05, 0) is 6.07 Å². The number of fused-ring (bicyclic) bond motifs is 1. The summed E-state index contributed by atoms with van der Waals surface area (Å²) in [7, 11) is 0. The maximum atomic E-state index is 12.5. The van der Waals surface area contributed by atoms with E-state index in [1.807, 2.05) is 54.6 Å². The van der Waals surface area contributed by atoms with Crippen LogP contribution in [0.1, 0.15) is 28.4 Å². The maximum Gasteiger partial charge on any atom is 0.254 e. The van der Waals surface area contributed by atoms with Gasteiger partial charge < -0.3 is 10.1 Å². The minimum atomic E-state index is -0.179. The molecule has 0 saturated heterocycles. The average molecular weight is 331 g/mol. The van der Waals surface area contributed by atoms with Crippen LogP contribution in [0.25, 0.3) is 11.4 Å². The Morgan fingerprint density at radius 2 is 1.72 bits per heavy atom. The summed E-state index contributed by atoms with van der Waals surface area (Å²) in [4.78, 5) is 21.2. The molecule has 2 heterocycles. The van der Waals surface area contributed by atoms with Crippen LogP contribution in [-0.2, 0) is 0 Å². The zero-order valence-electron chi connectivity index (χ0n) is 13.6. The lowest BCUT2D eigenvalue weighted by atomic mass is 10.0. The molecule has 0 bridgehead atoms. The van der Waals surface area contributed by atoms with E-state index in [1.165, 1.54) is 0 Å². The van der Waals surface area contributed by atoms with Crippen LogP contribution in [0.15, 0.2) is 67.0 Å². The monoisotopic (exact) mass is 331 g/mol. The highest BCUT2D eigenvalue weighted by molar-refractivity contribution is 5.94. The van der Waals surface area contributed by atoms with Crippen molar-refractivity contribution in [2.45, 2.75) is 12.5 Å². The van der Waals surface area contributed by atoms with Crippen LogP contribution in [0.3, 0.4) is 0 Å². The van der Waals surface area contributed by atoms with E-state index in [4.69, 9.17) is 4.74 Å². The van der Waals surface area contributed by atoms with Gasteiger partial charge in [0.05, 0.1) is 18.2 Å². The van der Waals surface area contributed by atoms with Gasteiger partial charge >= 0.3 is 0 Å². The summed E-state index contributed by atoms with van der Waals surface area (Å²) in [6, 6.07) is 17.4. The Kier molecular flexibility index (Phi) is 4.12. The largest absolute Gasteiger partial charge is 0.493 e. The van der Waals surface area contributed by atoms with Gasteiger partial charge in [0, 0.05) is 29.9 Å². The third-order valence-corrected chi connectivity index (χ3v) is 4.21. The number of rotatable bonds is 3. The first-order chi connectivity index (χ1) is 12.3. The van der Waals surface area contributed by atoms with Crippen molar-refractivity contribution >= 4 is 5.91 Å². The third kappa shape index (κ3) is 3.21. The fourth-order valence-electron chi connectivity index (χ4n) is 2.92. The molecule has 0 spiro atoms. The van der Waals surface area contributed by atoms with Gasteiger partial charge in [-0.15, -0.1) is 0 Å². The molecule has 0 aliphatic carbocycles. The van der Waals surface area contributed by atoms with Gasteiger partial charge in [-0.3, -0.25) is 4.79 Å². The third-order valence-electron chi connectivity index (χ3n) is 4.21. The van der Waals surface area contributed by atoms with Gasteiger partial charge in [0.15, 0.2) is 5.82 Å². The Bertz CT molecular complexity index is 879. The summed E-state index contributed by atoms with van der Waals surface area (Å²) >= 11 is 0.